The second-order valence-electron chi connectivity index (χ2n) is 6.12. The van der Waals surface area contributed by atoms with Gasteiger partial charge in [0, 0.05) is 12.0 Å². The van der Waals surface area contributed by atoms with Gasteiger partial charge in [0.25, 0.3) is 0 Å². The predicted molar refractivity (Wildman–Crippen MR) is 96.2 cm³/mol. The normalized spacial score (nSPS) is 14.4. The molecule has 0 spiro atoms. The summed E-state index contributed by atoms with van der Waals surface area (Å²) in [5, 5.41) is 10.4. The molecule has 5 nitrogen and oxygen atoms in total. The van der Waals surface area contributed by atoms with E-state index in [9.17, 15) is 9.90 Å². The smallest absolute Gasteiger partial charge is 0.309 e. The molecule has 3 N–H and O–H groups in total. The van der Waals surface area contributed by atoms with Crippen LogP contribution in [-0.4, -0.2) is 30.8 Å². The first-order valence-corrected chi connectivity index (χ1v) is 8.28. The fourth-order valence-electron chi connectivity index (χ4n) is 2.46. The minimum absolute atomic E-state index is 0.0371. The zero-order valence-electron chi connectivity index (χ0n) is 14.6. The molecular formula is C20H25NO4. The molecule has 0 fully saturated rings. The molecule has 0 saturated heterocycles. The van der Waals surface area contributed by atoms with Crippen molar-refractivity contribution in [2.75, 3.05) is 13.7 Å². The molecule has 0 aromatic heterocycles. The first-order valence-electron chi connectivity index (χ1n) is 8.28. The Morgan fingerprint density at radius 3 is 2.36 bits per heavy atom. The summed E-state index contributed by atoms with van der Waals surface area (Å²) in [5.74, 6) is 0.384. The Bertz CT molecular complexity index is 657. The third-order valence-corrected chi connectivity index (χ3v) is 4.18. The second kappa shape index (κ2) is 9.20. The molecule has 0 aliphatic rings. The number of aliphatic hydroxyl groups excluding tert-OH is 1. The standard InChI is InChI=1S/C20H25NO4/c1-14(19(21)20(23)16-6-4-3-5-7-16)13-25-17-10-8-15(9-11-17)12-18(22)24-2/h3-11,14,19-20,23H,12-13,21H2,1-2H3. The van der Waals surface area contributed by atoms with Gasteiger partial charge in [0.2, 0.25) is 0 Å². The van der Waals surface area contributed by atoms with E-state index in [1.807, 2.05) is 61.5 Å². The van der Waals surface area contributed by atoms with Crippen LogP contribution in [0.5, 0.6) is 5.75 Å². The highest BCUT2D eigenvalue weighted by Crippen LogP contribution is 2.21. The van der Waals surface area contributed by atoms with Gasteiger partial charge in [-0.1, -0.05) is 49.4 Å². The number of hydrogen-bond acceptors (Lipinski definition) is 5. The van der Waals surface area contributed by atoms with Gasteiger partial charge in [-0.25, -0.2) is 0 Å². The van der Waals surface area contributed by atoms with Crippen LogP contribution in [0.3, 0.4) is 0 Å². The Hall–Kier alpha value is -2.37. The maximum Gasteiger partial charge on any atom is 0.309 e. The highest BCUT2D eigenvalue weighted by molar-refractivity contribution is 5.72. The van der Waals surface area contributed by atoms with Crippen molar-refractivity contribution in [3.63, 3.8) is 0 Å². The molecule has 0 heterocycles. The SMILES string of the molecule is COC(=O)Cc1ccc(OCC(C)C(N)C(O)c2ccccc2)cc1. The van der Waals surface area contributed by atoms with E-state index < -0.39 is 12.1 Å². The molecule has 0 aliphatic carbocycles. The lowest BCUT2D eigenvalue weighted by Crippen LogP contribution is -2.37. The van der Waals surface area contributed by atoms with Crippen LogP contribution < -0.4 is 10.5 Å². The van der Waals surface area contributed by atoms with Crippen LogP contribution in [0.1, 0.15) is 24.2 Å². The molecular weight excluding hydrogens is 318 g/mol. The summed E-state index contributed by atoms with van der Waals surface area (Å²) in [4.78, 5) is 11.2. The molecule has 5 heteroatoms. The van der Waals surface area contributed by atoms with Crippen molar-refractivity contribution in [2.45, 2.75) is 25.5 Å². The summed E-state index contributed by atoms with van der Waals surface area (Å²) in [6.45, 7) is 2.34. The third-order valence-electron chi connectivity index (χ3n) is 4.18. The maximum atomic E-state index is 11.2. The van der Waals surface area contributed by atoms with Gasteiger partial charge < -0.3 is 20.3 Å². The first kappa shape index (κ1) is 19.0. The maximum absolute atomic E-state index is 11.2. The number of aliphatic hydroxyl groups is 1. The summed E-state index contributed by atoms with van der Waals surface area (Å²) in [5.41, 5.74) is 7.83. The van der Waals surface area contributed by atoms with Crippen molar-refractivity contribution >= 4 is 5.97 Å². The van der Waals surface area contributed by atoms with E-state index in [1.165, 1.54) is 7.11 Å². The lowest BCUT2D eigenvalue weighted by Gasteiger charge is -2.25. The number of benzene rings is 2. The molecule has 0 saturated carbocycles. The molecule has 2 aromatic carbocycles. The minimum atomic E-state index is -0.734. The summed E-state index contributed by atoms with van der Waals surface area (Å²) in [6.07, 6.45) is -0.497. The highest BCUT2D eigenvalue weighted by Gasteiger charge is 2.23. The second-order valence-corrected chi connectivity index (χ2v) is 6.12. The van der Waals surface area contributed by atoms with Crippen molar-refractivity contribution in [1.82, 2.24) is 0 Å². The number of ether oxygens (including phenoxy) is 2. The fraction of sp³-hybridized carbons (Fsp3) is 0.350. The quantitative estimate of drug-likeness (QED) is 0.720. The van der Waals surface area contributed by atoms with E-state index in [4.69, 9.17) is 10.5 Å². The van der Waals surface area contributed by atoms with Crippen molar-refractivity contribution < 1.29 is 19.4 Å². The molecule has 134 valence electrons. The minimum Gasteiger partial charge on any atom is -0.493 e. The summed E-state index contributed by atoms with van der Waals surface area (Å²) < 4.78 is 10.4. The summed E-state index contributed by atoms with van der Waals surface area (Å²) >= 11 is 0. The van der Waals surface area contributed by atoms with Gasteiger partial charge in [-0.2, -0.15) is 0 Å². The van der Waals surface area contributed by atoms with E-state index >= 15 is 0 Å². The van der Waals surface area contributed by atoms with Crippen LogP contribution in [0.2, 0.25) is 0 Å². The van der Waals surface area contributed by atoms with E-state index in [2.05, 4.69) is 4.74 Å². The molecule has 0 aliphatic heterocycles. The van der Waals surface area contributed by atoms with Crippen molar-refractivity contribution in [2.24, 2.45) is 11.7 Å². The molecule has 3 unspecified atom stereocenters. The van der Waals surface area contributed by atoms with Gasteiger partial charge in [0.05, 0.1) is 26.2 Å². The van der Waals surface area contributed by atoms with Crippen molar-refractivity contribution in [3.8, 4) is 5.75 Å². The van der Waals surface area contributed by atoms with E-state index in [-0.39, 0.29) is 18.3 Å². The Morgan fingerprint density at radius 2 is 1.76 bits per heavy atom. The van der Waals surface area contributed by atoms with Crippen LogP contribution >= 0.6 is 0 Å². The Morgan fingerprint density at radius 1 is 1.12 bits per heavy atom. The summed E-state index contributed by atoms with van der Waals surface area (Å²) in [7, 11) is 1.37. The highest BCUT2D eigenvalue weighted by atomic mass is 16.5. The number of carbonyl (C=O) groups excluding carboxylic acids is 1. The number of carbonyl (C=O) groups is 1. The monoisotopic (exact) mass is 343 g/mol. The Balaban J connectivity index is 1.86. The molecule has 0 radical (unpaired) electrons. The van der Waals surface area contributed by atoms with Crippen LogP contribution in [-0.2, 0) is 16.0 Å². The summed E-state index contributed by atoms with van der Waals surface area (Å²) in [6, 6.07) is 16.2. The fourth-order valence-corrected chi connectivity index (χ4v) is 2.46. The molecule has 25 heavy (non-hydrogen) atoms. The largest absolute Gasteiger partial charge is 0.493 e. The zero-order valence-corrected chi connectivity index (χ0v) is 14.6. The predicted octanol–water partition coefficient (Wildman–Crippen LogP) is 2.48. The van der Waals surface area contributed by atoms with Crippen LogP contribution in [0, 0.1) is 5.92 Å². The van der Waals surface area contributed by atoms with Gasteiger partial charge >= 0.3 is 5.97 Å². The average molecular weight is 343 g/mol. The van der Waals surface area contributed by atoms with E-state index in [0.717, 1.165) is 11.1 Å². The molecule has 3 atom stereocenters. The molecule has 0 amide bonds. The van der Waals surface area contributed by atoms with Gasteiger partial charge in [-0.3, -0.25) is 4.79 Å². The zero-order chi connectivity index (χ0) is 18.2. The third kappa shape index (κ3) is 5.59. The number of rotatable bonds is 8. The van der Waals surface area contributed by atoms with Crippen molar-refractivity contribution in [3.05, 3.63) is 65.7 Å². The lowest BCUT2D eigenvalue weighted by molar-refractivity contribution is -0.139. The van der Waals surface area contributed by atoms with Gasteiger partial charge in [0.1, 0.15) is 5.75 Å². The number of esters is 1. The van der Waals surface area contributed by atoms with Crippen molar-refractivity contribution in [1.29, 1.82) is 0 Å². The van der Waals surface area contributed by atoms with Crippen LogP contribution in [0.25, 0.3) is 0 Å². The topological polar surface area (TPSA) is 81.8 Å². The van der Waals surface area contributed by atoms with Gasteiger partial charge in [-0.05, 0) is 23.3 Å². The average Bonchev–Trinajstić information content (AvgIpc) is 2.66. The molecule has 0 bridgehead atoms. The van der Waals surface area contributed by atoms with Gasteiger partial charge in [-0.15, -0.1) is 0 Å². The first-order chi connectivity index (χ1) is 12.0. The van der Waals surface area contributed by atoms with Gasteiger partial charge in [0.15, 0.2) is 0 Å². The van der Waals surface area contributed by atoms with Crippen LogP contribution in [0.15, 0.2) is 54.6 Å². The Labute approximate surface area is 148 Å². The lowest BCUT2D eigenvalue weighted by atomic mass is 9.93. The molecule has 2 aromatic rings. The van der Waals surface area contributed by atoms with Crippen LogP contribution in [0.4, 0.5) is 0 Å². The van der Waals surface area contributed by atoms with E-state index in [1.54, 1.807) is 0 Å². The van der Waals surface area contributed by atoms with E-state index in [0.29, 0.717) is 12.4 Å². The number of hydrogen-bond donors (Lipinski definition) is 2. The molecule has 2 rings (SSSR count). The number of methoxy groups -OCH3 is 1. The number of nitrogens with two attached hydrogens (primary N) is 1. The Kier molecular flexibility index (Phi) is 6.98.